The van der Waals surface area contributed by atoms with Crippen molar-refractivity contribution in [3.8, 4) is 0 Å². The van der Waals surface area contributed by atoms with Gasteiger partial charge in [0.2, 0.25) is 11.8 Å². The van der Waals surface area contributed by atoms with Crippen LogP contribution in [0.4, 0.5) is 0 Å². The maximum absolute atomic E-state index is 13.0. The third-order valence-corrected chi connectivity index (χ3v) is 4.26. The van der Waals surface area contributed by atoms with Gasteiger partial charge in [0.25, 0.3) is 0 Å². The summed E-state index contributed by atoms with van der Waals surface area (Å²) < 4.78 is 5.30. The highest BCUT2D eigenvalue weighted by molar-refractivity contribution is 5.91. The first-order chi connectivity index (χ1) is 10.7. The van der Waals surface area contributed by atoms with Gasteiger partial charge in [-0.2, -0.15) is 0 Å². The minimum atomic E-state index is -0.583. The lowest BCUT2D eigenvalue weighted by atomic mass is 10.0. The Morgan fingerprint density at radius 2 is 1.86 bits per heavy atom. The summed E-state index contributed by atoms with van der Waals surface area (Å²) in [4.78, 5) is 28.7. The van der Waals surface area contributed by atoms with Crippen LogP contribution in [0.2, 0.25) is 0 Å². The number of carbonyl (C=O) groups is 2. The molecule has 2 fully saturated rings. The molecule has 1 aromatic carbocycles. The van der Waals surface area contributed by atoms with Gasteiger partial charge in [0.1, 0.15) is 6.04 Å². The van der Waals surface area contributed by atoms with Crippen molar-refractivity contribution in [2.24, 2.45) is 5.73 Å². The van der Waals surface area contributed by atoms with Crippen LogP contribution >= 0.6 is 0 Å². The Kier molecular flexibility index (Phi) is 4.40. The maximum atomic E-state index is 13.0. The molecule has 0 saturated carbocycles. The molecule has 0 unspecified atom stereocenters. The van der Waals surface area contributed by atoms with E-state index in [1.165, 1.54) is 0 Å². The molecule has 2 saturated heterocycles. The Morgan fingerprint density at radius 3 is 2.45 bits per heavy atom. The van der Waals surface area contributed by atoms with Gasteiger partial charge in [-0.25, -0.2) is 0 Å². The number of hydrogen-bond donors (Lipinski definition) is 1. The van der Waals surface area contributed by atoms with Crippen LogP contribution in [0.1, 0.15) is 18.0 Å². The highest BCUT2D eigenvalue weighted by Crippen LogP contribution is 2.28. The van der Waals surface area contributed by atoms with Crippen LogP contribution in [-0.2, 0) is 14.3 Å². The van der Waals surface area contributed by atoms with Crippen molar-refractivity contribution in [1.82, 2.24) is 9.80 Å². The Hall–Kier alpha value is -1.92. The second kappa shape index (κ2) is 6.46. The summed E-state index contributed by atoms with van der Waals surface area (Å²) in [7, 11) is 0. The quantitative estimate of drug-likeness (QED) is 0.862. The van der Waals surface area contributed by atoms with E-state index in [4.69, 9.17) is 10.5 Å². The van der Waals surface area contributed by atoms with Crippen molar-refractivity contribution in [3.63, 3.8) is 0 Å². The molecular weight excluding hydrogens is 282 g/mol. The van der Waals surface area contributed by atoms with Crippen LogP contribution in [0.3, 0.4) is 0 Å². The Bertz CT molecular complexity index is 543. The van der Waals surface area contributed by atoms with E-state index in [9.17, 15) is 9.59 Å². The molecule has 1 aromatic rings. The molecule has 6 nitrogen and oxygen atoms in total. The second-order valence-electron chi connectivity index (χ2n) is 5.68. The molecule has 0 spiro atoms. The molecule has 2 aliphatic heterocycles. The zero-order valence-corrected chi connectivity index (χ0v) is 12.5. The molecule has 2 heterocycles. The summed E-state index contributed by atoms with van der Waals surface area (Å²) in [6, 6.07) is 8.37. The van der Waals surface area contributed by atoms with Gasteiger partial charge in [-0.1, -0.05) is 30.3 Å². The first kappa shape index (κ1) is 15.0. The normalized spacial score (nSPS) is 23.7. The van der Waals surface area contributed by atoms with Crippen molar-refractivity contribution >= 4 is 11.8 Å². The summed E-state index contributed by atoms with van der Waals surface area (Å²) in [5, 5.41) is 0. The number of hydrogen-bond acceptors (Lipinski definition) is 4. The van der Waals surface area contributed by atoms with Gasteiger partial charge in [-0.3, -0.25) is 9.59 Å². The molecule has 3 rings (SSSR count). The number of benzene rings is 1. The van der Waals surface area contributed by atoms with Crippen LogP contribution in [-0.4, -0.2) is 60.5 Å². The largest absolute Gasteiger partial charge is 0.378 e. The van der Waals surface area contributed by atoms with Crippen molar-refractivity contribution < 1.29 is 14.3 Å². The molecule has 2 amide bonds. The number of amides is 2. The number of carbonyl (C=O) groups excluding carboxylic acids is 2. The Labute approximate surface area is 129 Å². The number of nitrogens with two attached hydrogens (primary N) is 1. The second-order valence-corrected chi connectivity index (χ2v) is 5.68. The molecule has 0 aromatic heterocycles. The van der Waals surface area contributed by atoms with Gasteiger partial charge in [-0.15, -0.1) is 0 Å². The number of nitrogens with zero attached hydrogens (tertiary/aromatic N) is 2. The lowest BCUT2D eigenvalue weighted by molar-refractivity contribution is -0.147. The molecular formula is C16H21N3O3. The molecule has 6 heteroatoms. The minimum Gasteiger partial charge on any atom is -0.378 e. The predicted octanol–water partition coefficient (Wildman–Crippen LogP) is 0.146. The smallest absolute Gasteiger partial charge is 0.250 e. The molecule has 22 heavy (non-hydrogen) atoms. The molecule has 0 bridgehead atoms. The summed E-state index contributed by atoms with van der Waals surface area (Å²) in [6.45, 7) is 2.74. The number of likely N-dealkylation sites (tertiary alicyclic amines) is 1. The van der Waals surface area contributed by atoms with Crippen LogP contribution in [0.5, 0.6) is 0 Å². The third kappa shape index (κ3) is 2.84. The first-order valence-electron chi connectivity index (χ1n) is 7.66. The number of rotatable bonds is 3. The topological polar surface area (TPSA) is 75.9 Å². The first-order valence-corrected chi connectivity index (χ1v) is 7.66. The summed E-state index contributed by atoms with van der Waals surface area (Å²) in [6.07, 6.45) is 0.596. The van der Waals surface area contributed by atoms with E-state index in [0.29, 0.717) is 39.3 Å². The molecule has 2 N–H and O–H groups in total. The van der Waals surface area contributed by atoms with E-state index in [2.05, 4.69) is 0 Å². The van der Waals surface area contributed by atoms with Gasteiger partial charge < -0.3 is 20.3 Å². The number of morpholine rings is 1. The maximum Gasteiger partial charge on any atom is 0.250 e. The van der Waals surface area contributed by atoms with E-state index >= 15 is 0 Å². The molecule has 2 aliphatic rings. The van der Waals surface area contributed by atoms with E-state index in [1.807, 2.05) is 30.3 Å². The van der Waals surface area contributed by atoms with E-state index in [-0.39, 0.29) is 11.8 Å². The van der Waals surface area contributed by atoms with E-state index < -0.39 is 12.1 Å². The zero-order valence-electron chi connectivity index (χ0n) is 12.5. The fourth-order valence-electron chi connectivity index (χ4n) is 3.03. The van der Waals surface area contributed by atoms with Gasteiger partial charge in [0.05, 0.1) is 19.3 Å². The summed E-state index contributed by atoms with van der Waals surface area (Å²) in [5.41, 5.74) is 6.66. The Balaban J connectivity index is 1.89. The third-order valence-electron chi connectivity index (χ3n) is 4.26. The van der Waals surface area contributed by atoms with Crippen molar-refractivity contribution in [2.45, 2.75) is 18.5 Å². The highest BCUT2D eigenvalue weighted by Gasteiger charge is 2.39. The van der Waals surface area contributed by atoms with E-state index in [0.717, 1.165) is 5.56 Å². The lowest BCUT2D eigenvalue weighted by Crippen LogP contribution is -2.48. The monoisotopic (exact) mass is 303 g/mol. The standard InChI is InChI=1S/C16H21N3O3/c17-13-6-7-19(15(13)20)14(12-4-2-1-3-5-12)16(21)18-8-10-22-11-9-18/h1-5,13-14H,6-11,17H2/t13-,14-/m0/s1. The summed E-state index contributed by atoms with van der Waals surface area (Å²) >= 11 is 0. The molecule has 0 aliphatic carbocycles. The van der Waals surface area contributed by atoms with Gasteiger partial charge >= 0.3 is 0 Å². The highest BCUT2D eigenvalue weighted by atomic mass is 16.5. The minimum absolute atomic E-state index is 0.0445. The lowest BCUT2D eigenvalue weighted by Gasteiger charge is -2.34. The summed E-state index contributed by atoms with van der Waals surface area (Å²) in [5.74, 6) is -0.188. The van der Waals surface area contributed by atoms with Crippen LogP contribution < -0.4 is 5.73 Å². The van der Waals surface area contributed by atoms with Crippen molar-refractivity contribution in [2.75, 3.05) is 32.8 Å². The van der Waals surface area contributed by atoms with Crippen molar-refractivity contribution in [3.05, 3.63) is 35.9 Å². The van der Waals surface area contributed by atoms with Crippen LogP contribution in [0, 0.1) is 0 Å². The molecule has 118 valence electrons. The van der Waals surface area contributed by atoms with Gasteiger partial charge in [0, 0.05) is 19.6 Å². The molecule has 0 radical (unpaired) electrons. The fraction of sp³-hybridized carbons (Fsp3) is 0.500. The zero-order chi connectivity index (χ0) is 15.5. The van der Waals surface area contributed by atoms with Crippen LogP contribution in [0.15, 0.2) is 30.3 Å². The van der Waals surface area contributed by atoms with Gasteiger partial charge in [-0.05, 0) is 12.0 Å². The number of ether oxygens (including phenoxy) is 1. The SMILES string of the molecule is N[C@H]1CCN([C@H](C(=O)N2CCOCC2)c2ccccc2)C1=O. The van der Waals surface area contributed by atoms with Crippen molar-refractivity contribution in [1.29, 1.82) is 0 Å². The fourth-order valence-corrected chi connectivity index (χ4v) is 3.03. The average molecular weight is 303 g/mol. The molecule has 2 atom stereocenters. The van der Waals surface area contributed by atoms with Crippen LogP contribution in [0.25, 0.3) is 0 Å². The Morgan fingerprint density at radius 1 is 1.18 bits per heavy atom. The van der Waals surface area contributed by atoms with Gasteiger partial charge in [0.15, 0.2) is 0 Å². The predicted molar refractivity (Wildman–Crippen MR) is 80.9 cm³/mol. The average Bonchev–Trinajstić information content (AvgIpc) is 2.89. The van der Waals surface area contributed by atoms with E-state index in [1.54, 1.807) is 9.80 Å².